The lowest BCUT2D eigenvalue weighted by atomic mass is 10.2. The Labute approximate surface area is 119 Å². The third kappa shape index (κ3) is 2.41. The minimum absolute atomic E-state index is 0.489. The molecule has 0 aliphatic rings. The molecule has 0 N–H and O–H groups in total. The van der Waals surface area contributed by atoms with Gasteiger partial charge in [0.05, 0.1) is 6.61 Å². The number of nitrogens with zero attached hydrogens (tertiary/aromatic N) is 2. The van der Waals surface area contributed by atoms with E-state index in [2.05, 4.69) is 9.97 Å². The summed E-state index contributed by atoms with van der Waals surface area (Å²) in [6.07, 6.45) is 0. The number of rotatable bonds is 3. The summed E-state index contributed by atoms with van der Waals surface area (Å²) in [5, 5.41) is 3.35. The van der Waals surface area contributed by atoms with Crippen molar-refractivity contribution in [2.45, 2.75) is 6.92 Å². The summed E-state index contributed by atoms with van der Waals surface area (Å²) in [6, 6.07) is 9.65. The number of benzene rings is 1. The van der Waals surface area contributed by atoms with Gasteiger partial charge in [-0.25, -0.2) is 9.97 Å². The summed E-state index contributed by atoms with van der Waals surface area (Å²) in [4.78, 5) is 9.79. The molecular weight excluding hydrogens is 280 g/mol. The van der Waals surface area contributed by atoms with Crippen LogP contribution in [0, 0.1) is 0 Å². The Hall–Kier alpha value is -1.65. The molecule has 0 saturated heterocycles. The van der Waals surface area contributed by atoms with Crippen LogP contribution in [0.25, 0.3) is 21.6 Å². The predicted molar refractivity (Wildman–Crippen MR) is 79.0 cm³/mol. The Balaban J connectivity index is 2.10. The lowest BCUT2D eigenvalue weighted by molar-refractivity contribution is 0.340. The van der Waals surface area contributed by atoms with Gasteiger partial charge < -0.3 is 4.74 Å². The average Bonchev–Trinajstić information content (AvgIpc) is 2.88. The second-order valence-corrected chi connectivity index (χ2v) is 5.19. The van der Waals surface area contributed by atoms with Crippen LogP contribution in [0.15, 0.2) is 35.7 Å². The zero-order valence-electron chi connectivity index (χ0n) is 10.3. The molecule has 0 spiro atoms. The topological polar surface area (TPSA) is 35.0 Å². The molecule has 19 heavy (non-hydrogen) atoms. The quantitative estimate of drug-likeness (QED) is 0.670. The van der Waals surface area contributed by atoms with Gasteiger partial charge in [-0.1, -0.05) is 23.7 Å². The van der Waals surface area contributed by atoms with Gasteiger partial charge in [0, 0.05) is 10.9 Å². The highest BCUT2D eigenvalue weighted by Gasteiger charge is 2.09. The molecule has 0 fully saturated rings. The van der Waals surface area contributed by atoms with Crippen molar-refractivity contribution in [2.75, 3.05) is 6.61 Å². The van der Waals surface area contributed by atoms with Gasteiger partial charge >= 0.3 is 0 Å². The average molecular weight is 291 g/mol. The van der Waals surface area contributed by atoms with Gasteiger partial charge in [-0.15, -0.1) is 11.3 Å². The van der Waals surface area contributed by atoms with Gasteiger partial charge in [-0.2, -0.15) is 0 Å². The maximum absolute atomic E-state index is 6.18. The maximum atomic E-state index is 6.18. The fourth-order valence-corrected chi connectivity index (χ4v) is 2.89. The maximum Gasteiger partial charge on any atom is 0.162 e. The first-order valence-corrected chi connectivity index (χ1v) is 7.17. The van der Waals surface area contributed by atoms with E-state index in [1.807, 2.05) is 42.6 Å². The lowest BCUT2D eigenvalue weighted by Crippen LogP contribution is -1.93. The molecule has 1 aromatic carbocycles. The normalized spacial score (nSPS) is 10.8. The van der Waals surface area contributed by atoms with Crippen LogP contribution in [0.2, 0.25) is 5.15 Å². The van der Waals surface area contributed by atoms with Crippen LogP contribution in [0.4, 0.5) is 0 Å². The monoisotopic (exact) mass is 290 g/mol. The molecule has 3 aromatic rings. The standard InChI is InChI=1S/C14H11ClN2OS/c1-2-18-10-5-3-4-9(8-10)13-16-12(15)11-6-7-19-14(11)17-13/h3-8H,2H2,1H3. The molecule has 0 amide bonds. The van der Waals surface area contributed by atoms with Gasteiger partial charge in [0.1, 0.15) is 15.7 Å². The van der Waals surface area contributed by atoms with Crippen LogP contribution in [0.5, 0.6) is 5.75 Å². The Kier molecular flexibility index (Phi) is 3.36. The first-order valence-electron chi connectivity index (χ1n) is 5.92. The minimum Gasteiger partial charge on any atom is -0.494 e. The zero-order valence-corrected chi connectivity index (χ0v) is 11.8. The highest BCUT2D eigenvalue weighted by Crippen LogP contribution is 2.29. The van der Waals surface area contributed by atoms with Crippen molar-refractivity contribution in [3.8, 4) is 17.1 Å². The van der Waals surface area contributed by atoms with E-state index in [0.717, 1.165) is 21.5 Å². The molecule has 0 atom stereocenters. The number of ether oxygens (including phenoxy) is 1. The first kappa shape index (κ1) is 12.4. The lowest BCUT2D eigenvalue weighted by Gasteiger charge is -2.05. The van der Waals surface area contributed by atoms with E-state index < -0.39 is 0 Å². The van der Waals surface area contributed by atoms with Gasteiger partial charge in [0.2, 0.25) is 0 Å². The van der Waals surface area contributed by atoms with Crippen LogP contribution >= 0.6 is 22.9 Å². The highest BCUT2D eigenvalue weighted by atomic mass is 35.5. The summed E-state index contributed by atoms with van der Waals surface area (Å²) in [7, 11) is 0. The number of aromatic nitrogens is 2. The molecule has 0 aliphatic carbocycles. The molecule has 96 valence electrons. The van der Waals surface area contributed by atoms with Crippen molar-refractivity contribution < 1.29 is 4.74 Å². The van der Waals surface area contributed by atoms with Crippen LogP contribution in [0.3, 0.4) is 0 Å². The number of thiophene rings is 1. The minimum atomic E-state index is 0.489. The van der Waals surface area contributed by atoms with Gasteiger partial charge in [0.15, 0.2) is 5.82 Å². The van der Waals surface area contributed by atoms with E-state index in [9.17, 15) is 0 Å². The molecule has 2 aromatic heterocycles. The highest BCUT2D eigenvalue weighted by molar-refractivity contribution is 7.16. The van der Waals surface area contributed by atoms with Crippen molar-refractivity contribution in [1.29, 1.82) is 0 Å². The van der Waals surface area contributed by atoms with Crippen LogP contribution in [-0.2, 0) is 0 Å². The molecule has 5 heteroatoms. The van der Waals surface area contributed by atoms with E-state index >= 15 is 0 Å². The summed E-state index contributed by atoms with van der Waals surface area (Å²) in [6.45, 7) is 2.59. The van der Waals surface area contributed by atoms with Gasteiger partial charge in [-0.05, 0) is 30.5 Å². The first-order chi connectivity index (χ1) is 9.28. The predicted octanol–water partition coefficient (Wildman–Crippen LogP) is 4.41. The van der Waals surface area contributed by atoms with Crippen molar-refractivity contribution in [3.63, 3.8) is 0 Å². The summed E-state index contributed by atoms with van der Waals surface area (Å²) in [5.41, 5.74) is 0.906. The summed E-state index contributed by atoms with van der Waals surface area (Å²) < 4.78 is 5.48. The van der Waals surface area contributed by atoms with Crippen molar-refractivity contribution in [1.82, 2.24) is 9.97 Å². The van der Waals surface area contributed by atoms with E-state index in [4.69, 9.17) is 16.3 Å². The molecule has 3 nitrogen and oxygen atoms in total. The van der Waals surface area contributed by atoms with Gasteiger partial charge in [0.25, 0.3) is 0 Å². The largest absolute Gasteiger partial charge is 0.494 e. The van der Waals surface area contributed by atoms with E-state index in [1.165, 1.54) is 0 Å². The van der Waals surface area contributed by atoms with Gasteiger partial charge in [-0.3, -0.25) is 0 Å². The number of hydrogen-bond acceptors (Lipinski definition) is 4. The molecular formula is C14H11ClN2OS. The van der Waals surface area contributed by atoms with Crippen LogP contribution in [0.1, 0.15) is 6.92 Å². The SMILES string of the molecule is CCOc1cccc(-c2nc(Cl)c3ccsc3n2)c1. The Bertz CT molecular complexity index is 726. The van der Waals surface area contributed by atoms with E-state index in [0.29, 0.717) is 17.6 Å². The number of fused-ring (bicyclic) bond motifs is 1. The van der Waals surface area contributed by atoms with E-state index in [-0.39, 0.29) is 0 Å². The molecule has 0 radical (unpaired) electrons. The number of halogens is 1. The molecule has 0 unspecified atom stereocenters. The van der Waals surface area contributed by atoms with Crippen LogP contribution < -0.4 is 4.74 Å². The number of hydrogen-bond donors (Lipinski definition) is 0. The van der Waals surface area contributed by atoms with Crippen LogP contribution in [-0.4, -0.2) is 16.6 Å². The summed E-state index contributed by atoms with van der Waals surface area (Å²) >= 11 is 7.74. The fraction of sp³-hybridized carbons (Fsp3) is 0.143. The second-order valence-electron chi connectivity index (χ2n) is 3.94. The van der Waals surface area contributed by atoms with E-state index in [1.54, 1.807) is 11.3 Å². The Morgan fingerprint density at radius 1 is 1.26 bits per heavy atom. The molecule has 3 rings (SSSR count). The Morgan fingerprint density at radius 2 is 2.16 bits per heavy atom. The fourth-order valence-electron chi connectivity index (χ4n) is 1.84. The van der Waals surface area contributed by atoms with Crippen molar-refractivity contribution >= 4 is 33.2 Å². The van der Waals surface area contributed by atoms with Crippen molar-refractivity contribution in [2.24, 2.45) is 0 Å². The third-order valence-corrected chi connectivity index (χ3v) is 3.78. The van der Waals surface area contributed by atoms with Crippen molar-refractivity contribution in [3.05, 3.63) is 40.9 Å². The molecule has 0 aliphatic heterocycles. The Morgan fingerprint density at radius 3 is 3.00 bits per heavy atom. The summed E-state index contributed by atoms with van der Waals surface area (Å²) in [5.74, 6) is 1.44. The molecule has 0 bridgehead atoms. The third-order valence-electron chi connectivity index (χ3n) is 2.68. The zero-order chi connectivity index (χ0) is 13.2. The molecule has 0 saturated carbocycles. The second kappa shape index (κ2) is 5.15. The smallest absolute Gasteiger partial charge is 0.162 e. The molecule has 2 heterocycles.